The summed E-state index contributed by atoms with van der Waals surface area (Å²) in [7, 11) is 1.58. The van der Waals surface area contributed by atoms with Crippen molar-refractivity contribution in [2.75, 3.05) is 12.8 Å². The Morgan fingerprint density at radius 1 is 1.59 bits per heavy atom. The maximum atomic E-state index is 11.8. The van der Waals surface area contributed by atoms with Crippen LogP contribution < -0.4 is 4.48 Å². The number of carbonyl (C=O) groups excluding carboxylic acids is 1. The lowest BCUT2D eigenvalue weighted by atomic mass is 10.2. The molecule has 1 aliphatic rings. The van der Waals surface area contributed by atoms with E-state index in [0.717, 1.165) is 0 Å². The molecule has 0 N–H and O–H groups in total. The zero-order valence-electron chi connectivity index (χ0n) is 8.84. The maximum Gasteiger partial charge on any atom is 0.331 e. The number of hydrogen-bond donors (Lipinski definition) is 0. The molecule has 0 aromatic heterocycles. The summed E-state index contributed by atoms with van der Waals surface area (Å²) in [5.74, 6) is 3.01. The molecule has 17 heavy (non-hydrogen) atoms. The van der Waals surface area contributed by atoms with Crippen LogP contribution in [-0.2, 0) is 4.79 Å². The quantitative estimate of drug-likeness (QED) is 0.471. The molecule has 0 spiro atoms. The molecule has 1 aromatic carbocycles. The first-order valence-corrected chi connectivity index (χ1v) is 6.05. The highest BCUT2D eigenvalue weighted by Crippen LogP contribution is 2.40. The predicted octanol–water partition coefficient (Wildman–Crippen LogP) is 2.45. The molecule has 1 atom stereocenters. The number of rotatable bonds is 2. The Labute approximate surface area is 107 Å². The van der Waals surface area contributed by atoms with Gasteiger partial charge >= 0.3 is 17.5 Å². The van der Waals surface area contributed by atoms with E-state index in [9.17, 15) is 14.9 Å². The fourth-order valence-corrected chi connectivity index (χ4v) is 2.68. The SMILES string of the molecule is C[N+]1(c2ccc(Cl)cc2[N+](=O)[O-])[C]SCC1=O. The van der Waals surface area contributed by atoms with Gasteiger partial charge in [-0.15, -0.1) is 0 Å². The summed E-state index contributed by atoms with van der Waals surface area (Å²) in [4.78, 5) is 22.2. The molecule has 5 nitrogen and oxygen atoms in total. The summed E-state index contributed by atoms with van der Waals surface area (Å²) in [6.07, 6.45) is 0. The number of carbonyl (C=O) groups is 1. The largest absolute Gasteiger partial charge is 0.331 e. The average Bonchev–Trinajstić information content (AvgIpc) is 2.60. The molecule has 2 radical (unpaired) electrons. The Hall–Kier alpha value is -1.11. The number of hydrogen-bond acceptors (Lipinski definition) is 4. The lowest BCUT2D eigenvalue weighted by Gasteiger charge is -2.21. The van der Waals surface area contributed by atoms with Crippen LogP contribution in [0.15, 0.2) is 18.2 Å². The number of quaternary nitrogens is 1. The molecule has 7 heteroatoms. The molecule has 1 aromatic rings. The van der Waals surface area contributed by atoms with Crippen molar-refractivity contribution in [2.45, 2.75) is 0 Å². The van der Waals surface area contributed by atoms with Crippen molar-refractivity contribution in [2.24, 2.45) is 0 Å². The van der Waals surface area contributed by atoms with Gasteiger partial charge in [-0.2, -0.15) is 4.48 Å². The molecule has 1 unspecified atom stereocenters. The molecule has 1 aliphatic heterocycles. The smallest absolute Gasteiger partial charge is 0.258 e. The van der Waals surface area contributed by atoms with E-state index >= 15 is 0 Å². The van der Waals surface area contributed by atoms with Crippen molar-refractivity contribution in [3.05, 3.63) is 39.2 Å². The normalized spacial score (nSPS) is 24.0. The number of nitro groups is 1. The molecule has 1 saturated heterocycles. The van der Waals surface area contributed by atoms with Gasteiger partial charge in [-0.25, -0.2) is 4.79 Å². The van der Waals surface area contributed by atoms with Crippen molar-refractivity contribution < 1.29 is 9.72 Å². The van der Waals surface area contributed by atoms with E-state index in [1.807, 2.05) is 0 Å². The first-order valence-electron chi connectivity index (χ1n) is 4.68. The van der Waals surface area contributed by atoms with E-state index < -0.39 is 4.92 Å². The van der Waals surface area contributed by atoms with Crippen molar-refractivity contribution in [3.63, 3.8) is 0 Å². The van der Waals surface area contributed by atoms with Gasteiger partial charge in [0.05, 0.1) is 12.0 Å². The number of benzene rings is 1. The third-order valence-corrected chi connectivity index (χ3v) is 3.68. The van der Waals surface area contributed by atoms with Crippen LogP contribution in [0.3, 0.4) is 0 Å². The van der Waals surface area contributed by atoms with E-state index in [-0.39, 0.29) is 32.5 Å². The maximum absolute atomic E-state index is 11.8. The Morgan fingerprint density at radius 2 is 2.29 bits per heavy atom. The molecule has 1 fully saturated rings. The fourth-order valence-electron chi connectivity index (χ4n) is 1.61. The Kier molecular flexibility index (Phi) is 3.11. The highest BCUT2D eigenvalue weighted by molar-refractivity contribution is 8.02. The van der Waals surface area contributed by atoms with Crippen LogP contribution in [0.4, 0.5) is 11.4 Å². The van der Waals surface area contributed by atoms with Crippen molar-refractivity contribution >= 4 is 40.6 Å². The minimum Gasteiger partial charge on any atom is -0.258 e. The molecule has 0 saturated carbocycles. The molecule has 0 aliphatic carbocycles. The van der Waals surface area contributed by atoms with Crippen molar-refractivity contribution in [1.82, 2.24) is 4.48 Å². The lowest BCUT2D eigenvalue weighted by Crippen LogP contribution is -2.44. The van der Waals surface area contributed by atoms with Crippen molar-refractivity contribution in [1.29, 1.82) is 0 Å². The predicted molar refractivity (Wildman–Crippen MR) is 66.5 cm³/mol. The van der Waals surface area contributed by atoms with E-state index in [1.165, 1.54) is 30.0 Å². The molecule has 1 amide bonds. The summed E-state index contributed by atoms with van der Waals surface area (Å²) in [5, 5.41) is 11.2. The van der Waals surface area contributed by atoms with E-state index in [1.54, 1.807) is 7.05 Å². The first-order chi connectivity index (χ1) is 7.95. The van der Waals surface area contributed by atoms with Crippen LogP contribution in [0, 0.1) is 16.0 Å². The van der Waals surface area contributed by atoms with Crippen LogP contribution in [0.25, 0.3) is 0 Å². The summed E-state index contributed by atoms with van der Waals surface area (Å²) in [5.41, 5.74) is 0.123. The summed E-state index contributed by atoms with van der Waals surface area (Å²) >= 11 is 6.95. The van der Waals surface area contributed by atoms with Crippen LogP contribution in [-0.4, -0.2) is 23.6 Å². The summed E-state index contributed by atoms with van der Waals surface area (Å²) in [6, 6.07) is 4.28. The molecule has 88 valence electrons. The van der Waals surface area contributed by atoms with Gasteiger partial charge in [-0.3, -0.25) is 10.1 Å². The van der Waals surface area contributed by atoms with Crippen molar-refractivity contribution in [3.8, 4) is 0 Å². The number of nitro benzene ring substituents is 1. The Balaban J connectivity index is 2.59. The van der Waals surface area contributed by atoms with Gasteiger partial charge in [0.1, 0.15) is 5.75 Å². The van der Waals surface area contributed by atoms with Gasteiger partial charge in [0, 0.05) is 17.2 Å². The monoisotopic (exact) mass is 271 g/mol. The van der Waals surface area contributed by atoms with Crippen LogP contribution in [0.2, 0.25) is 5.02 Å². The van der Waals surface area contributed by atoms with E-state index in [4.69, 9.17) is 11.6 Å². The fraction of sp³-hybridized carbons (Fsp3) is 0.200. The minimum absolute atomic E-state index is 0.138. The molecule has 1 heterocycles. The molecular weight excluding hydrogens is 264 g/mol. The molecular formula is C10H8ClN2O3S+. The first kappa shape index (κ1) is 12.3. The zero-order valence-corrected chi connectivity index (χ0v) is 10.4. The van der Waals surface area contributed by atoms with Gasteiger partial charge < -0.3 is 0 Å². The third-order valence-electron chi connectivity index (χ3n) is 2.56. The standard InChI is InChI=1S/C10H8ClN2O3S/c1-13(6-17-5-10(13)14)9-3-2-7(11)4-8(9)12(15)16/h2-4H,5H2,1H3/q+1. The van der Waals surface area contributed by atoms with Gasteiger partial charge in [-0.1, -0.05) is 23.4 Å². The summed E-state index contributed by atoms with van der Waals surface area (Å²) < 4.78 is -0.294. The second-order valence-corrected chi connectivity index (χ2v) is 4.87. The van der Waals surface area contributed by atoms with Crippen LogP contribution in [0.5, 0.6) is 0 Å². The molecule has 2 rings (SSSR count). The van der Waals surface area contributed by atoms with Gasteiger partial charge in [-0.05, 0) is 6.07 Å². The molecule has 0 bridgehead atoms. The minimum atomic E-state index is -0.539. The number of nitrogens with zero attached hydrogens (tertiary/aromatic N) is 2. The number of halogens is 1. The number of thioether (sulfide) groups is 1. The average molecular weight is 272 g/mol. The summed E-state index contributed by atoms with van der Waals surface area (Å²) in [6.45, 7) is 0. The third kappa shape index (κ3) is 2.03. The Bertz CT molecular complexity index is 508. The van der Waals surface area contributed by atoms with E-state index in [2.05, 4.69) is 5.88 Å². The zero-order chi connectivity index (χ0) is 12.6. The second-order valence-electron chi connectivity index (χ2n) is 3.67. The van der Waals surface area contributed by atoms with E-state index in [0.29, 0.717) is 0 Å². The topological polar surface area (TPSA) is 60.2 Å². The lowest BCUT2D eigenvalue weighted by molar-refractivity contribution is -0.384. The Morgan fingerprint density at radius 3 is 2.82 bits per heavy atom. The van der Waals surface area contributed by atoms with Crippen LogP contribution >= 0.6 is 23.4 Å². The van der Waals surface area contributed by atoms with Gasteiger partial charge in [0.25, 0.3) is 0 Å². The highest BCUT2D eigenvalue weighted by atomic mass is 35.5. The highest BCUT2D eigenvalue weighted by Gasteiger charge is 2.46. The number of amides is 1. The van der Waals surface area contributed by atoms with Crippen LogP contribution in [0.1, 0.15) is 0 Å². The van der Waals surface area contributed by atoms with Gasteiger partial charge in [0.15, 0.2) is 0 Å². The second kappa shape index (κ2) is 4.29. The van der Waals surface area contributed by atoms with Gasteiger partial charge in [0.2, 0.25) is 5.69 Å².